The smallest absolute Gasteiger partial charge is 0.329 e. The van der Waals surface area contributed by atoms with Crippen LogP contribution in [-0.2, 0) is 31.6 Å². The van der Waals surface area contributed by atoms with Gasteiger partial charge < -0.3 is 20.6 Å². The average molecular weight is 741 g/mol. The van der Waals surface area contributed by atoms with Crippen LogP contribution in [0.4, 0.5) is 30.6 Å². The zero-order chi connectivity index (χ0) is 37.1. The van der Waals surface area contributed by atoms with Crippen LogP contribution >= 0.6 is 0 Å². The molecule has 4 aromatic rings. The van der Waals surface area contributed by atoms with Crippen molar-refractivity contribution in [1.82, 2.24) is 24.5 Å². The number of aryl methyl sites for hydroxylation is 1. The maximum atomic E-state index is 15.5. The number of piperidine rings is 2. The molecule has 0 radical (unpaired) electrons. The quantitative estimate of drug-likeness (QED) is 0.176. The molecule has 0 spiro atoms. The summed E-state index contributed by atoms with van der Waals surface area (Å²) in [5, 5.41) is 18.3. The van der Waals surface area contributed by atoms with Gasteiger partial charge in [-0.15, -0.1) is 0 Å². The fourth-order valence-corrected chi connectivity index (χ4v) is 8.33. The largest absolute Gasteiger partial charge is 0.506 e. The number of amides is 5. The number of hydrogen-bond acceptors (Lipinski definition) is 9. The number of benzene rings is 3. The van der Waals surface area contributed by atoms with E-state index in [-0.39, 0.29) is 35.0 Å². The maximum Gasteiger partial charge on any atom is 0.329 e. The highest BCUT2D eigenvalue weighted by Crippen LogP contribution is 2.39. The summed E-state index contributed by atoms with van der Waals surface area (Å²) < 4.78 is 60.1. The second kappa shape index (κ2) is 13.1. The minimum Gasteiger partial charge on any atom is -0.506 e. The van der Waals surface area contributed by atoms with Gasteiger partial charge in [0.25, 0.3) is 5.91 Å². The summed E-state index contributed by atoms with van der Waals surface area (Å²) in [7, 11) is -2.80. The Kier molecular flexibility index (Phi) is 8.76. The van der Waals surface area contributed by atoms with Crippen LogP contribution in [0.25, 0.3) is 21.8 Å². The van der Waals surface area contributed by atoms with E-state index >= 15 is 8.78 Å². The van der Waals surface area contributed by atoms with E-state index < -0.39 is 75.3 Å². The number of phenolic OH excluding ortho intramolecular Hbond substituents is 1. The number of phenols is 1. The second-order valence-electron chi connectivity index (χ2n) is 13.1. The maximum absolute atomic E-state index is 15.5. The molecule has 16 nitrogen and oxygen atoms in total. The van der Waals surface area contributed by atoms with Crippen molar-refractivity contribution in [3.8, 4) is 5.75 Å². The number of fused-ring (bicyclic) bond motifs is 2. The lowest BCUT2D eigenvalue weighted by Gasteiger charge is -2.34. The number of aromatic hydroxyl groups is 1. The highest BCUT2D eigenvalue weighted by Gasteiger charge is 2.38. The number of imide groups is 1. The lowest BCUT2D eigenvalue weighted by Crippen LogP contribution is -2.44. The van der Waals surface area contributed by atoms with Crippen LogP contribution in [0.1, 0.15) is 38.1 Å². The molecule has 4 heterocycles. The van der Waals surface area contributed by atoms with Crippen molar-refractivity contribution in [2.75, 3.05) is 40.7 Å². The van der Waals surface area contributed by atoms with Crippen LogP contribution in [0, 0.1) is 17.6 Å². The number of anilines is 3. The van der Waals surface area contributed by atoms with E-state index in [1.165, 1.54) is 33.4 Å². The molecule has 19 heteroatoms. The number of carbonyl (C=O) groups excluding carboxylic acids is 4. The molecule has 274 valence electrons. The number of halogens is 2. The number of urea groups is 1. The summed E-state index contributed by atoms with van der Waals surface area (Å²) in [5.74, 6) is -3.90. The van der Waals surface area contributed by atoms with Crippen molar-refractivity contribution >= 4 is 72.8 Å². The number of nitrogens with one attached hydrogen (secondary N) is 4. The molecule has 3 aliphatic heterocycles. The second-order valence-corrected chi connectivity index (χ2v) is 14.7. The third-order valence-electron chi connectivity index (χ3n) is 9.83. The van der Waals surface area contributed by atoms with Gasteiger partial charge in [-0.05, 0) is 67.3 Å². The first-order chi connectivity index (χ1) is 24.7. The van der Waals surface area contributed by atoms with Gasteiger partial charge >= 0.3 is 21.9 Å². The summed E-state index contributed by atoms with van der Waals surface area (Å²) >= 11 is 0. The molecule has 5 amide bonds. The van der Waals surface area contributed by atoms with Gasteiger partial charge in [0.1, 0.15) is 29.8 Å². The number of hydrogen-bond donors (Lipinski definition) is 5. The number of aromatic nitrogens is 2. The molecule has 3 saturated heterocycles. The summed E-state index contributed by atoms with van der Waals surface area (Å²) in [6.45, 7) is 0.746. The monoisotopic (exact) mass is 740 g/mol. The highest BCUT2D eigenvalue weighted by atomic mass is 32.2. The van der Waals surface area contributed by atoms with E-state index in [0.717, 1.165) is 18.9 Å². The molecule has 1 aromatic heterocycles. The Hall–Kier alpha value is -5.72. The topological polar surface area (TPSA) is 204 Å². The molecule has 1 unspecified atom stereocenters. The van der Waals surface area contributed by atoms with E-state index in [0.29, 0.717) is 47.3 Å². The lowest BCUT2D eigenvalue weighted by atomic mass is 9.93. The van der Waals surface area contributed by atoms with Crippen molar-refractivity contribution in [2.24, 2.45) is 13.0 Å². The van der Waals surface area contributed by atoms with Crippen LogP contribution in [0.5, 0.6) is 5.75 Å². The summed E-state index contributed by atoms with van der Waals surface area (Å²) in [6.07, 6.45) is 2.33. The SMILES string of the molecule is Cn1c(=O)n(C2CCC(=O)NC2=O)c2cc(F)c(N3CCC(CCNC(=O)Nc4ccc5c(F)c(N6CC(=O)NS6(=O)=O)c(O)cc5c4)CC3)cc21. The van der Waals surface area contributed by atoms with Crippen molar-refractivity contribution in [3.05, 3.63) is 58.5 Å². The molecule has 52 heavy (non-hydrogen) atoms. The minimum absolute atomic E-state index is 0.0332. The van der Waals surface area contributed by atoms with E-state index in [4.69, 9.17) is 0 Å². The standard InChI is InChI=1S/C33H34F2N8O8S/c1-40-24-15-23(21(34)14-25(24)43(33(40)49)22-4-5-27(45)38-31(22)47)41-10-7-17(8-11-41)6-9-36-32(48)37-19-2-3-20-18(12-19)13-26(44)30(29(20)35)42-16-28(46)39-52(42,50)51/h2-3,12-15,17,22,44H,4-11,16H2,1H3,(H,39,46)(H2,36,37,48)(H,38,45,47). The van der Waals surface area contributed by atoms with Gasteiger partial charge in [0.05, 0.1) is 16.7 Å². The molecule has 5 N–H and O–H groups in total. The molecular formula is C33H34F2N8O8S. The van der Waals surface area contributed by atoms with Crippen LogP contribution in [0.3, 0.4) is 0 Å². The van der Waals surface area contributed by atoms with Gasteiger partial charge in [-0.2, -0.15) is 8.42 Å². The average Bonchev–Trinajstić information content (AvgIpc) is 3.49. The van der Waals surface area contributed by atoms with Gasteiger partial charge in [0.2, 0.25) is 11.8 Å². The zero-order valence-electron chi connectivity index (χ0n) is 27.7. The Morgan fingerprint density at radius 2 is 1.75 bits per heavy atom. The Labute approximate surface area is 294 Å². The first kappa shape index (κ1) is 34.7. The van der Waals surface area contributed by atoms with Crippen LogP contribution < -0.4 is 35.6 Å². The summed E-state index contributed by atoms with van der Waals surface area (Å²) in [6, 6.07) is 6.74. The molecule has 3 aromatic carbocycles. The van der Waals surface area contributed by atoms with Crippen molar-refractivity contribution in [2.45, 2.75) is 38.1 Å². The zero-order valence-corrected chi connectivity index (χ0v) is 28.6. The fraction of sp³-hybridized carbons (Fsp3) is 0.364. The molecule has 1 atom stereocenters. The molecule has 3 fully saturated rings. The van der Waals surface area contributed by atoms with E-state index in [1.54, 1.807) is 17.8 Å². The van der Waals surface area contributed by atoms with Gasteiger partial charge in [-0.3, -0.25) is 28.8 Å². The first-order valence-electron chi connectivity index (χ1n) is 16.5. The van der Waals surface area contributed by atoms with Gasteiger partial charge in [0.15, 0.2) is 5.82 Å². The van der Waals surface area contributed by atoms with Crippen LogP contribution in [-0.4, -0.2) is 72.6 Å². The summed E-state index contributed by atoms with van der Waals surface area (Å²) in [5.41, 5.74) is 0.238. The molecule has 0 aliphatic carbocycles. The number of carbonyl (C=O) groups is 4. The number of nitrogens with zero attached hydrogens (tertiary/aromatic N) is 4. The van der Waals surface area contributed by atoms with E-state index in [2.05, 4.69) is 16.0 Å². The molecule has 7 rings (SSSR count). The third-order valence-corrected chi connectivity index (χ3v) is 11.2. The highest BCUT2D eigenvalue weighted by molar-refractivity contribution is 7.92. The first-order valence-corrected chi connectivity index (χ1v) is 18.0. The Balaban J connectivity index is 0.940. The third kappa shape index (κ3) is 6.24. The Morgan fingerprint density at radius 1 is 1.00 bits per heavy atom. The minimum atomic E-state index is -4.35. The lowest BCUT2D eigenvalue weighted by molar-refractivity contribution is -0.135. The van der Waals surface area contributed by atoms with Crippen LogP contribution in [0.15, 0.2) is 41.2 Å². The van der Waals surface area contributed by atoms with E-state index in [1.807, 2.05) is 4.90 Å². The Morgan fingerprint density at radius 3 is 2.44 bits per heavy atom. The van der Waals surface area contributed by atoms with Gasteiger partial charge in [-0.25, -0.2) is 27.4 Å². The van der Waals surface area contributed by atoms with Crippen molar-refractivity contribution < 1.29 is 41.5 Å². The molecule has 0 bridgehead atoms. The molecule has 0 saturated carbocycles. The van der Waals surface area contributed by atoms with Gasteiger partial charge in [-0.1, -0.05) is 0 Å². The molecular weight excluding hydrogens is 706 g/mol. The number of rotatable bonds is 7. The number of imidazole rings is 1. The van der Waals surface area contributed by atoms with Gasteiger partial charge in [0, 0.05) is 50.2 Å². The molecule has 3 aliphatic rings. The van der Waals surface area contributed by atoms with Crippen molar-refractivity contribution in [1.29, 1.82) is 0 Å². The Bertz CT molecular complexity index is 2350. The predicted octanol–water partition coefficient (Wildman–Crippen LogP) is 2.06. The van der Waals surface area contributed by atoms with Crippen molar-refractivity contribution in [3.63, 3.8) is 0 Å². The summed E-state index contributed by atoms with van der Waals surface area (Å²) in [4.78, 5) is 63.4. The normalized spacial score (nSPS) is 19.3. The van der Waals surface area contributed by atoms with Crippen LogP contribution in [0.2, 0.25) is 0 Å². The van der Waals surface area contributed by atoms with E-state index in [9.17, 15) is 37.5 Å². The fourth-order valence-electron chi connectivity index (χ4n) is 7.17. The predicted molar refractivity (Wildman–Crippen MR) is 185 cm³/mol.